The highest BCUT2D eigenvalue weighted by Gasteiger charge is 2.00. The summed E-state index contributed by atoms with van der Waals surface area (Å²) in [7, 11) is 0. The molecule has 2 rings (SSSR count). The number of nitrogens with one attached hydrogen (secondary N) is 2. The number of anilines is 1. The van der Waals surface area contributed by atoms with Crippen LogP contribution in [0.1, 0.15) is 17.2 Å². The predicted octanol–water partition coefficient (Wildman–Crippen LogP) is 0.824. The Labute approximate surface area is 87.2 Å². The van der Waals surface area contributed by atoms with Gasteiger partial charge in [-0.15, -0.1) is 0 Å². The molecule has 2 aromatic heterocycles. The molecule has 0 aliphatic rings. The normalized spacial score (nSPS) is 10.3. The number of H-pyrrole nitrogens is 1. The summed E-state index contributed by atoms with van der Waals surface area (Å²) >= 11 is 0. The highest BCUT2D eigenvalue weighted by molar-refractivity contribution is 5.33. The largest absolute Gasteiger partial charge is 0.362 e. The number of aryl methyl sites for hydroxylation is 2. The molecule has 0 spiro atoms. The maximum absolute atomic E-state index is 4.34. The number of hydrogen-bond acceptors (Lipinski definition) is 5. The zero-order valence-electron chi connectivity index (χ0n) is 8.65. The van der Waals surface area contributed by atoms with Crippen molar-refractivity contribution in [2.75, 3.05) is 5.32 Å². The van der Waals surface area contributed by atoms with Crippen molar-refractivity contribution in [1.29, 1.82) is 0 Å². The summed E-state index contributed by atoms with van der Waals surface area (Å²) < 4.78 is 0. The van der Waals surface area contributed by atoms with E-state index >= 15 is 0 Å². The first-order valence-electron chi connectivity index (χ1n) is 4.64. The van der Waals surface area contributed by atoms with Crippen molar-refractivity contribution in [2.45, 2.75) is 20.4 Å². The van der Waals surface area contributed by atoms with E-state index in [-0.39, 0.29) is 0 Å². The van der Waals surface area contributed by atoms with E-state index in [4.69, 9.17) is 0 Å². The minimum Gasteiger partial charge on any atom is -0.362 e. The average molecular weight is 204 g/mol. The van der Waals surface area contributed by atoms with Crippen LogP contribution in [0.15, 0.2) is 12.5 Å². The zero-order valence-corrected chi connectivity index (χ0v) is 8.65. The van der Waals surface area contributed by atoms with Crippen LogP contribution in [-0.4, -0.2) is 25.1 Å². The molecule has 0 fully saturated rings. The van der Waals surface area contributed by atoms with Gasteiger partial charge in [-0.25, -0.2) is 9.97 Å². The number of nitrogens with zero attached hydrogens (tertiary/aromatic N) is 4. The lowest BCUT2D eigenvalue weighted by Crippen LogP contribution is -2.05. The summed E-state index contributed by atoms with van der Waals surface area (Å²) in [6, 6.07) is 0. The number of hydrogen-bond donors (Lipinski definition) is 2. The number of aromatic amines is 1. The zero-order chi connectivity index (χ0) is 10.7. The maximum Gasteiger partial charge on any atom is 0.145 e. The molecule has 2 heterocycles. The molecule has 0 bridgehead atoms. The number of aromatic nitrogens is 5. The Bertz CT molecular complexity index is 436. The summed E-state index contributed by atoms with van der Waals surface area (Å²) in [5, 5.41) is 9.62. The molecule has 0 aliphatic carbocycles. The van der Waals surface area contributed by atoms with Crippen molar-refractivity contribution in [3.05, 3.63) is 29.7 Å². The van der Waals surface area contributed by atoms with Crippen LogP contribution in [0.2, 0.25) is 0 Å². The van der Waals surface area contributed by atoms with E-state index < -0.39 is 0 Å². The molecule has 6 heteroatoms. The fraction of sp³-hybridized carbons (Fsp3) is 0.333. The summed E-state index contributed by atoms with van der Waals surface area (Å²) in [5.41, 5.74) is 1.87. The Kier molecular flexibility index (Phi) is 2.57. The van der Waals surface area contributed by atoms with E-state index in [1.807, 2.05) is 13.8 Å². The van der Waals surface area contributed by atoms with Crippen LogP contribution in [-0.2, 0) is 6.54 Å². The molecular formula is C9H12N6. The monoisotopic (exact) mass is 204 g/mol. The molecular weight excluding hydrogens is 192 g/mol. The van der Waals surface area contributed by atoms with Crippen molar-refractivity contribution < 1.29 is 0 Å². The van der Waals surface area contributed by atoms with E-state index in [0.29, 0.717) is 6.54 Å². The van der Waals surface area contributed by atoms with Gasteiger partial charge < -0.3 is 5.32 Å². The van der Waals surface area contributed by atoms with E-state index in [1.54, 1.807) is 6.20 Å². The Morgan fingerprint density at radius 1 is 1.27 bits per heavy atom. The minimum atomic E-state index is 0.567. The topological polar surface area (TPSA) is 79.4 Å². The summed E-state index contributed by atoms with van der Waals surface area (Å²) in [6.07, 6.45) is 3.18. The van der Waals surface area contributed by atoms with Gasteiger partial charge in [0.05, 0.1) is 24.1 Å². The van der Waals surface area contributed by atoms with Crippen LogP contribution in [0, 0.1) is 13.8 Å². The molecule has 6 nitrogen and oxygen atoms in total. The van der Waals surface area contributed by atoms with E-state index in [1.165, 1.54) is 6.33 Å². The fourth-order valence-electron chi connectivity index (χ4n) is 1.12. The first-order chi connectivity index (χ1) is 7.25. The third-order valence-corrected chi connectivity index (χ3v) is 2.09. The first kappa shape index (κ1) is 9.57. The Hall–Kier alpha value is -1.98. The Morgan fingerprint density at radius 2 is 2.13 bits per heavy atom. The van der Waals surface area contributed by atoms with Gasteiger partial charge in [0.15, 0.2) is 0 Å². The van der Waals surface area contributed by atoms with Crippen LogP contribution in [0.3, 0.4) is 0 Å². The van der Waals surface area contributed by atoms with Crippen molar-refractivity contribution in [1.82, 2.24) is 25.1 Å². The summed E-state index contributed by atoms with van der Waals surface area (Å²) in [5.74, 6) is 1.52. The van der Waals surface area contributed by atoms with Crippen molar-refractivity contribution in [3.8, 4) is 0 Å². The highest BCUT2D eigenvalue weighted by Crippen LogP contribution is 2.06. The van der Waals surface area contributed by atoms with E-state index in [9.17, 15) is 0 Å². The van der Waals surface area contributed by atoms with Gasteiger partial charge >= 0.3 is 0 Å². The highest BCUT2D eigenvalue weighted by atomic mass is 15.2. The molecule has 0 atom stereocenters. The maximum atomic E-state index is 4.34. The third kappa shape index (κ3) is 2.28. The van der Waals surface area contributed by atoms with Gasteiger partial charge in [-0.3, -0.25) is 10.1 Å². The second-order valence-corrected chi connectivity index (χ2v) is 3.21. The second kappa shape index (κ2) is 4.04. The molecule has 0 aliphatic heterocycles. The van der Waals surface area contributed by atoms with Crippen LogP contribution in [0.5, 0.6) is 0 Å². The lowest BCUT2D eigenvalue weighted by Gasteiger charge is -2.04. The van der Waals surface area contributed by atoms with E-state index in [2.05, 4.69) is 30.5 Å². The SMILES string of the molecule is Cc1ncc(NCc2ncn[nH]2)nc1C. The van der Waals surface area contributed by atoms with Crippen molar-refractivity contribution >= 4 is 5.82 Å². The second-order valence-electron chi connectivity index (χ2n) is 3.21. The molecule has 0 unspecified atom stereocenters. The first-order valence-corrected chi connectivity index (χ1v) is 4.64. The van der Waals surface area contributed by atoms with Gasteiger partial charge in [-0.1, -0.05) is 0 Å². The average Bonchev–Trinajstić information content (AvgIpc) is 2.73. The van der Waals surface area contributed by atoms with Gasteiger partial charge in [0.2, 0.25) is 0 Å². The Morgan fingerprint density at radius 3 is 2.80 bits per heavy atom. The summed E-state index contributed by atoms with van der Waals surface area (Å²) in [4.78, 5) is 12.5. The molecule has 0 amide bonds. The quantitative estimate of drug-likeness (QED) is 0.773. The lowest BCUT2D eigenvalue weighted by atomic mass is 10.3. The third-order valence-electron chi connectivity index (χ3n) is 2.09. The minimum absolute atomic E-state index is 0.567. The molecule has 0 saturated carbocycles. The van der Waals surface area contributed by atoms with Crippen LogP contribution in [0.4, 0.5) is 5.82 Å². The molecule has 2 aromatic rings. The molecule has 2 N–H and O–H groups in total. The molecule has 0 saturated heterocycles. The van der Waals surface area contributed by atoms with Gasteiger partial charge in [0, 0.05) is 0 Å². The Balaban J connectivity index is 2.02. The van der Waals surface area contributed by atoms with Gasteiger partial charge in [0.1, 0.15) is 18.0 Å². The van der Waals surface area contributed by atoms with Crippen LogP contribution < -0.4 is 5.32 Å². The van der Waals surface area contributed by atoms with Crippen molar-refractivity contribution in [3.63, 3.8) is 0 Å². The lowest BCUT2D eigenvalue weighted by molar-refractivity contribution is 0.936. The molecule has 15 heavy (non-hydrogen) atoms. The van der Waals surface area contributed by atoms with Crippen molar-refractivity contribution in [2.24, 2.45) is 0 Å². The van der Waals surface area contributed by atoms with Crippen LogP contribution >= 0.6 is 0 Å². The molecule has 0 radical (unpaired) electrons. The van der Waals surface area contributed by atoms with Gasteiger partial charge in [-0.05, 0) is 13.8 Å². The van der Waals surface area contributed by atoms with Crippen LogP contribution in [0.25, 0.3) is 0 Å². The van der Waals surface area contributed by atoms with Gasteiger partial charge in [-0.2, -0.15) is 5.10 Å². The standard InChI is InChI=1S/C9H12N6/c1-6-7(2)14-8(3-10-6)11-4-9-12-5-13-15-9/h3,5H,4H2,1-2H3,(H,11,14)(H,12,13,15). The predicted molar refractivity (Wildman–Crippen MR) is 55.2 cm³/mol. The molecule has 0 aromatic carbocycles. The number of rotatable bonds is 3. The van der Waals surface area contributed by atoms with Gasteiger partial charge in [0.25, 0.3) is 0 Å². The smallest absolute Gasteiger partial charge is 0.145 e. The molecule has 78 valence electrons. The van der Waals surface area contributed by atoms with E-state index in [0.717, 1.165) is 23.0 Å². The summed E-state index contributed by atoms with van der Waals surface area (Å²) in [6.45, 7) is 4.43. The fourth-order valence-corrected chi connectivity index (χ4v) is 1.12.